The molecule has 1 aliphatic rings. The Balaban J connectivity index is 2.08. The third kappa shape index (κ3) is 3.32. The van der Waals surface area contributed by atoms with Crippen molar-refractivity contribution in [1.82, 2.24) is 5.32 Å². The van der Waals surface area contributed by atoms with Gasteiger partial charge in [0.2, 0.25) is 0 Å². The molecule has 2 atom stereocenters. The Kier molecular flexibility index (Phi) is 4.22. The van der Waals surface area contributed by atoms with Gasteiger partial charge in [0.15, 0.2) is 0 Å². The highest BCUT2D eigenvalue weighted by molar-refractivity contribution is 5.21. The lowest BCUT2D eigenvalue weighted by Gasteiger charge is -2.28. The third-order valence-electron chi connectivity index (χ3n) is 3.89. The van der Waals surface area contributed by atoms with Gasteiger partial charge in [0.25, 0.3) is 0 Å². The second kappa shape index (κ2) is 5.68. The van der Waals surface area contributed by atoms with Crippen LogP contribution in [0.2, 0.25) is 0 Å². The van der Waals surface area contributed by atoms with Crippen molar-refractivity contribution in [3.63, 3.8) is 0 Å². The van der Waals surface area contributed by atoms with Crippen LogP contribution in [0.4, 0.5) is 0 Å². The molecule has 0 aliphatic heterocycles. The second-order valence-corrected chi connectivity index (χ2v) is 5.65. The Morgan fingerprint density at radius 3 is 2.29 bits per heavy atom. The van der Waals surface area contributed by atoms with Gasteiger partial charge in [-0.15, -0.1) is 0 Å². The molecule has 1 fully saturated rings. The van der Waals surface area contributed by atoms with Crippen LogP contribution in [0.25, 0.3) is 0 Å². The lowest BCUT2D eigenvalue weighted by atomic mass is 9.96. The number of hydrogen-bond donors (Lipinski definition) is 1. The van der Waals surface area contributed by atoms with E-state index in [0.717, 1.165) is 5.92 Å². The summed E-state index contributed by atoms with van der Waals surface area (Å²) in [5, 5.41) is 3.88. The van der Waals surface area contributed by atoms with Gasteiger partial charge >= 0.3 is 0 Å². The van der Waals surface area contributed by atoms with Crippen molar-refractivity contribution in [3.8, 4) is 0 Å². The minimum absolute atomic E-state index is 0.573. The molecule has 1 saturated carbocycles. The summed E-state index contributed by atoms with van der Waals surface area (Å²) in [6.07, 6.45) is 4.00. The lowest BCUT2D eigenvalue weighted by Crippen LogP contribution is -2.37. The van der Waals surface area contributed by atoms with E-state index >= 15 is 0 Å². The molecule has 1 heteroatoms. The molecule has 2 unspecified atom stereocenters. The van der Waals surface area contributed by atoms with E-state index in [1.54, 1.807) is 0 Å². The van der Waals surface area contributed by atoms with E-state index in [4.69, 9.17) is 0 Å². The standard InChI is InChI=1S/C16H25N/c1-4-15(12(2)3)17-16(14-10-11-14)13-8-6-5-7-9-13/h5-9,12,14-17H,4,10-11H2,1-3H3. The number of nitrogens with one attached hydrogen (secondary N) is 1. The number of benzene rings is 1. The van der Waals surface area contributed by atoms with E-state index in [0.29, 0.717) is 18.0 Å². The molecule has 0 aromatic heterocycles. The van der Waals surface area contributed by atoms with Crippen molar-refractivity contribution in [2.24, 2.45) is 11.8 Å². The molecule has 0 spiro atoms. The van der Waals surface area contributed by atoms with Gasteiger partial charge in [-0.1, -0.05) is 51.1 Å². The van der Waals surface area contributed by atoms with E-state index in [2.05, 4.69) is 56.4 Å². The summed E-state index contributed by atoms with van der Waals surface area (Å²) < 4.78 is 0. The molecule has 0 bridgehead atoms. The topological polar surface area (TPSA) is 12.0 Å². The fourth-order valence-electron chi connectivity index (χ4n) is 2.61. The third-order valence-corrected chi connectivity index (χ3v) is 3.89. The average molecular weight is 231 g/mol. The van der Waals surface area contributed by atoms with E-state index in [9.17, 15) is 0 Å². The molecule has 0 saturated heterocycles. The number of rotatable bonds is 6. The maximum absolute atomic E-state index is 3.88. The molecular formula is C16H25N. The van der Waals surface area contributed by atoms with Crippen LogP contribution in [0.15, 0.2) is 30.3 Å². The molecule has 1 aromatic rings. The van der Waals surface area contributed by atoms with Crippen LogP contribution in [0, 0.1) is 11.8 Å². The van der Waals surface area contributed by atoms with Crippen LogP contribution in [-0.2, 0) is 0 Å². The van der Waals surface area contributed by atoms with Crippen LogP contribution in [-0.4, -0.2) is 6.04 Å². The van der Waals surface area contributed by atoms with Gasteiger partial charge in [0.1, 0.15) is 0 Å². The molecule has 1 aliphatic carbocycles. The van der Waals surface area contributed by atoms with Crippen molar-refractivity contribution in [1.29, 1.82) is 0 Å². The Labute approximate surface area is 106 Å². The first-order valence-electron chi connectivity index (χ1n) is 7.03. The molecule has 0 heterocycles. The molecule has 1 aromatic carbocycles. The minimum Gasteiger partial charge on any atom is -0.307 e. The van der Waals surface area contributed by atoms with Crippen molar-refractivity contribution < 1.29 is 0 Å². The van der Waals surface area contributed by atoms with Crippen molar-refractivity contribution in [3.05, 3.63) is 35.9 Å². The zero-order chi connectivity index (χ0) is 12.3. The van der Waals surface area contributed by atoms with Gasteiger partial charge in [-0.05, 0) is 36.7 Å². The van der Waals surface area contributed by atoms with Gasteiger partial charge in [0.05, 0.1) is 0 Å². The van der Waals surface area contributed by atoms with Crippen LogP contribution in [0.5, 0.6) is 0 Å². The zero-order valence-electron chi connectivity index (χ0n) is 11.3. The smallest absolute Gasteiger partial charge is 0.0351 e. The van der Waals surface area contributed by atoms with Gasteiger partial charge in [-0.25, -0.2) is 0 Å². The zero-order valence-corrected chi connectivity index (χ0v) is 11.3. The normalized spacial score (nSPS) is 19.3. The summed E-state index contributed by atoms with van der Waals surface area (Å²) in [5.74, 6) is 1.58. The lowest BCUT2D eigenvalue weighted by molar-refractivity contribution is 0.327. The predicted octanol–water partition coefficient (Wildman–Crippen LogP) is 4.16. The van der Waals surface area contributed by atoms with Crippen molar-refractivity contribution in [2.75, 3.05) is 0 Å². The Hall–Kier alpha value is -0.820. The summed E-state index contributed by atoms with van der Waals surface area (Å²) in [7, 11) is 0. The molecule has 17 heavy (non-hydrogen) atoms. The first kappa shape index (κ1) is 12.6. The largest absolute Gasteiger partial charge is 0.307 e. The first-order chi connectivity index (χ1) is 8.22. The Morgan fingerprint density at radius 2 is 1.82 bits per heavy atom. The second-order valence-electron chi connectivity index (χ2n) is 5.65. The highest BCUT2D eigenvalue weighted by Gasteiger charge is 2.33. The fraction of sp³-hybridized carbons (Fsp3) is 0.625. The summed E-state index contributed by atoms with van der Waals surface area (Å²) >= 11 is 0. The highest BCUT2D eigenvalue weighted by Crippen LogP contribution is 2.41. The van der Waals surface area contributed by atoms with Gasteiger partial charge in [0, 0.05) is 12.1 Å². The SMILES string of the molecule is CCC(NC(c1ccccc1)C1CC1)C(C)C. The van der Waals surface area contributed by atoms with Crippen molar-refractivity contribution >= 4 is 0 Å². The number of hydrogen-bond acceptors (Lipinski definition) is 1. The van der Waals surface area contributed by atoms with E-state index in [1.807, 2.05) is 0 Å². The van der Waals surface area contributed by atoms with Crippen LogP contribution in [0.3, 0.4) is 0 Å². The van der Waals surface area contributed by atoms with Gasteiger partial charge in [-0.2, -0.15) is 0 Å². The van der Waals surface area contributed by atoms with Crippen LogP contribution >= 0.6 is 0 Å². The monoisotopic (exact) mass is 231 g/mol. The molecule has 0 amide bonds. The molecule has 2 rings (SSSR count). The first-order valence-corrected chi connectivity index (χ1v) is 7.03. The molecule has 94 valence electrons. The summed E-state index contributed by atoms with van der Waals surface area (Å²) in [6.45, 7) is 6.92. The van der Waals surface area contributed by atoms with Crippen LogP contribution < -0.4 is 5.32 Å². The predicted molar refractivity (Wildman–Crippen MR) is 74.0 cm³/mol. The molecule has 1 nitrogen and oxygen atoms in total. The fourth-order valence-corrected chi connectivity index (χ4v) is 2.61. The average Bonchev–Trinajstić information content (AvgIpc) is 3.15. The highest BCUT2D eigenvalue weighted by atomic mass is 15.0. The summed E-state index contributed by atoms with van der Waals surface area (Å²) in [6, 6.07) is 12.2. The molecular weight excluding hydrogens is 206 g/mol. The van der Waals surface area contributed by atoms with E-state index in [-0.39, 0.29) is 0 Å². The van der Waals surface area contributed by atoms with Gasteiger partial charge < -0.3 is 5.32 Å². The Morgan fingerprint density at radius 1 is 1.18 bits per heavy atom. The molecule has 1 N–H and O–H groups in total. The Bertz CT molecular complexity index is 327. The minimum atomic E-state index is 0.573. The quantitative estimate of drug-likeness (QED) is 0.775. The molecule has 0 radical (unpaired) electrons. The van der Waals surface area contributed by atoms with E-state index < -0.39 is 0 Å². The van der Waals surface area contributed by atoms with E-state index in [1.165, 1.54) is 24.8 Å². The summed E-state index contributed by atoms with van der Waals surface area (Å²) in [4.78, 5) is 0. The maximum Gasteiger partial charge on any atom is 0.0351 e. The maximum atomic E-state index is 3.88. The van der Waals surface area contributed by atoms with Crippen LogP contribution in [0.1, 0.15) is 51.6 Å². The summed E-state index contributed by atoms with van der Waals surface area (Å²) in [5.41, 5.74) is 1.47. The van der Waals surface area contributed by atoms with Gasteiger partial charge in [-0.3, -0.25) is 0 Å². The van der Waals surface area contributed by atoms with Crippen molar-refractivity contribution in [2.45, 2.75) is 52.1 Å².